The average Bonchev–Trinajstić information content (AvgIpc) is 2.63. The highest BCUT2D eigenvalue weighted by molar-refractivity contribution is 8.09. The molecule has 7 heteroatoms. The normalized spacial score (nSPS) is 13.7. The van der Waals surface area contributed by atoms with Crippen molar-refractivity contribution in [3.8, 4) is 0 Å². The lowest BCUT2D eigenvalue weighted by Crippen LogP contribution is -2.35. The summed E-state index contributed by atoms with van der Waals surface area (Å²) in [5.74, 6) is -1.04. The van der Waals surface area contributed by atoms with Gasteiger partial charge in [0.15, 0.2) is 19.7 Å². The third kappa shape index (κ3) is 4.22. The van der Waals surface area contributed by atoms with E-state index in [0.717, 1.165) is 6.42 Å². The van der Waals surface area contributed by atoms with Crippen LogP contribution in [0.1, 0.15) is 13.8 Å². The van der Waals surface area contributed by atoms with Crippen LogP contribution in [0.5, 0.6) is 0 Å². The molecular weight excluding hydrogens is 372 g/mol. The number of sulfone groups is 2. The number of hydrogen-bond donors (Lipinski definition) is 0. The van der Waals surface area contributed by atoms with Gasteiger partial charge in [0.05, 0.1) is 20.7 Å². The van der Waals surface area contributed by atoms with Gasteiger partial charge >= 0.3 is 0 Å². The van der Waals surface area contributed by atoms with E-state index in [1.54, 1.807) is 26.0 Å². The molecule has 0 N–H and O–H groups in total. The number of carbonyl (C=O) groups excluding carboxylic acids is 1. The average molecular weight is 394 g/mol. The summed E-state index contributed by atoms with van der Waals surface area (Å²) in [6.07, 6.45) is 1.71. The van der Waals surface area contributed by atoms with Gasteiger partial charge in [-0.2, -0.15) is 0 Å². The van der Waals surface area contributed by atoms with Gasteiger partial charge in [0, 0.05) is 0 Å². The zero-order valence-corrected chi connectivity index (χ0v) is 16.2. The van der Waals surface area contributed by atoms with E-state index in [-0.39, 0.29) is 15.7 Å². The topological polar surface area (TPSA) is 85.3 Å². The van der Waals surface area contributed by atoms with E-state index in [2.05, 4.69) is 0 Å². The van der Waals surface area contributed by atoms with E-state index in [9.17, 15) is 21.6 Å². The molecule has 2 aromatic rings. The minimum Gasteiger partial charge on any atom is -0.306 e. The van der Waals surface area contributed by atoms with E-state index in [1.165, 1.54) is 48.5 Å². The van der Waals surface area contributed by atoms with Crippen LogP contribution in [0.4, 0.5) is 0 Å². The van der Waals surface area contributed by atoms with Crippen molar-refractivity contribution in [2.75, 3.05) is 0 Å². The second-order valence-electron chi connectivity index (χ2n) is 6.23. The predicted octanol–water partition coefficient (Wildman–Crippen LogP) is 2.94. The molecule has 2 rings (SSSR count). The Morgan fingerprint density at radius 3 is 1.46 bits per heavy atom. The molecule has 0 amide bonds. The molecule has 0 spiro atoms. The number of hydrogen-bond acceptors (Lipinski definition) is 5. The van der Waals surface area contributed by atoms with E-state index < -0.39 is 30.2 Å². The van der Waals surface area contributed by atoms with E-state index >= 15 is 0 Å². The van der Waals surface area contributed by atoms with Crippen molar-refractivity contribution in [1.82, 2.24) is 0 Å². The third-order valence-electron chi connectivity index (χ3n) is 4.06. The first-order valence-electron chi connectivity index (χ1n) is 8.09. The van der Waals surface area contributed by atoms with Crippen molar-refractivity contribution < 1.29 is 21.6 Å². The lowest BCUT2D eigenvalue weighted by molar-refractivity contribution is -0.111. The van der Waals surface area contributed by atoms with E-state index in [4.69, 9.17) is 0 Å². The van der Waals surface area contributed by atoms with Crippen molar-refractivity contribution in [1.29, 1.82) is 0 Å². The molecule has 0 saturated carbocycles. The molecule has 26 heavy (non-hydrogen) atoms. The monoisotopic (exact) mass is 393 g/mol. The smallest absolute Gasteiger partial charge is 0.167 e. The Labute approximate surface area is 154 Å². The summed E-state index contributed by atoms with van der Waals surface area (Å²) in [7, 11) is -8.50. The number of aldehydes is 1. The molecule has 0 aromatic heterocycles. The first-order valence-corrected chi connectivity index (χ1v) is 11.2. The van der Waals surface area contributed by atoms with Crippen LogP contribution in [0.15, 0.2) is 70.5 Å². The summed E-state index contributed by atoms with van der Waals surface area (Å²) < 4.78 is 50.6. The Bertz CT molecular complexity index is 864. The van der Waals surface area contributed by atoms with Gasteiger partial charge in [-0.25, -0.2) is 16.8 Å². The molecule has 0 fully saturated rings. The second-order valence-corrected chi connectivity index (χ2v) is 10.7. The van der Waals surface area contributed by atoms with Gasteiger partial charge in [-0.05, 0) is 24.3 Å². The predicted molar refractivity (Wildman–Crippen MR) is 99.7 cm³/mol. The summed E-state index contributed by atoms with van der Waals surface area (Å²) in [6.45, 7) is 3.47. The van der Waals surface area contributed by atoms with E-state index in [0.29, 0.717) is 6.29 Å². The third-order valence-corrected chi connectivity index (χ3v) is 8.98. The lowest BCUT2D eigenvalue weighted by atomic mass is 9.95. The number of benzene rings is 2. The van der Waals surface area contributed by atoms with Crippen LogP contribution >= 0.6 is 0 Å². The van der Waals surface area contributed by atoms with Crippen LogP contribution in [0.25, 0.3) is 0 Å². The van der Waals surface area contributed by atoms with Crippen molar-refractivity contribution in [3.63, 3.8) is 0 Å². The van der Waals surface area contributed by atoms with Crippen molar-refractivity contribution in [3.05, 3.63) is 67.1 Å². The van der Waals surface area contributed by atoms with Crippen LogP contribution in [0, 0.1) is 18.3 Å². The van der Waals surface area contributed by atoms with Gasteiger partial charge in [-0.3, -0.25) is 6.42 Å². The Morgan fingerprint density at radius 2 is 1.15 bits per heavy atom. The Hall–Kier alpha value is -1.99. The van der Waals surface area contributed by atoms with Gasteiger partial charge in [0.2, 0.25) is 0 Å². The quantitative estimate of drug-likeness (QED) is 0.508. The zero-order valence-electron chi connectivity index (χ0n) is 14.5. The summed E-state index contributed by atoms with van der Waals surface area (Å²) >= 11 is 0. The summed E-state index contributed by atoms with van der Waals surface area (Å²) in [5, 5.41) is 0. The Balaban J connectivity index is 2.62. The molecule has 140 valence electrons. The highest BCUT2D eigenvalue weighted by atomic mass is 32.3. The largest absolute Gasteiger partial charge is 0.306 e. The summed E-state index contributed by atoms with van der Waals surface area (Å²) in [6, 6.07) is 14.8. The fourth-order valence-corrected chi connectivity index (χ4v) is 6.86. The Kier molecular flexibility index (Phi) is 6.36. The summed E-state index contributed by atoms with van der Waals surface area (Å²) in [4.78, 5) is 11.2. The van der Waals surface area contributed by atoms with Crippen LogP contribution in [0.3, 0.4) is 0 Å². The van der Waals surface area contributed by atoms with Gasteiger partial charge in [0.1, 0.15) is 0 Å². The van der Waals surface area contributed by atoms with Gasteiger partial charge in [0.25, 0.3) is 0 Å². The lowest BCUT2D eigenvalue weighted by Gasteiger charge is -2.32. The van der Waals surface area contributed by atoms with Crippen molar-refractivity contribution >= 4 is 26.0 Å². The maximum atomic E-state index is 13.1. The molecule has 5 nitrogen and oxygen atoms in total. The maximum Gasteiger partial charge on any atom is 0.167 e. The van der Waals surface area contributed by atoms with Gasteiger partial charge in [-0.15, -0.1) is 5.92 Å². The van der Waals surface area contributed by atoms with Gasteiger partial charge < -0.3 is 4.79 Å². The molecule has 0 bridgehead atoms. The SMILES string of the molecule is CC(C)[C@@H](C=O)[CH-]C(S(=O)(=O)c1ccccc1)S(=O)(=O)c1ccccc1. The minimum atomic E-state index is -4.25. The Morgan fingerprint density at radius 1 is 0.769 bits per heavy atom. The summed E-state index contributed by atoms with van der Waals surface area (Å²) in [5.41, 5.74) is 0. The maximum absolute atomic E-state index is 13.1. The molecule has 2 aromatic carbocycles. The molecule has 1 atom stereocenters. The molecule has 0 heterocycles. The van der Waals surface area contributed by atoms with E-state index in [1.807, 2.05) is 0 Å². The fraction of sp³-hybridized carbons (Fsp3) is 0.263. The number of carbonyl (C=O) groups is 1. The molecule has 0 aliphatic carbocycles. The molecular formula is C19H21O5S2-. The first kappa shape index (κ1) is 20.3. The molecule has 0 saturated heterocycles. The standard InChI is InChI=1S/C19H21O5S2/c1-15(2)16(14-20)13-19(25(21,22)17-9-5-3-6-10-17)26(23,24)18-11-7-4-8-12-18/h3-16,19H,1-2H3/q-1/t16-/m1/s1. The molecule has 0 aliphatic heterocycles. The molecule has 0 radical (unpaired) electrons. The van der Waals surface area contributed by atoms with Crippen molar-refractivity contribution in [2.45, 2.75) is 28.2 Å². The fourth-order valence-electron chi connectivity index (χ4n) is 2.47. The van der Waals surface area contributed by atoms with Gasteiger partial charge in [-0.1, -0.05) is 56.2 Å². The van der Waals surface area contributed by atoms with Crippen molar-refractivity contribution in [2.24, 2.45) is 11.8 Å². The second kappa shape index (κ2) is 8.14. The first-order chi connectivity index (χ1) is 12.2. The minimum absolute atomic E-state index is 0.103. The zero-order chi connectivity index (χ0) is 19.4. The van der Waals surface area contributed by atoms with Crippen LogP contribution < -0.4 is 0 Å². The van der Waals surface area contributed by atoms with Crippen LogP contribution in [-0.2, 0) is 24.5 Å². The molecule has 0 unspecified atom stereocenters. The van der Waals surface area contributed by atoms with Crippen LogP contribution in [-0.4, -0.2) is 27.7 Å². The highest BCUT2D eigenvalue weighted by Gasteiger charge is 2.34. The molecule has 0 aliphatic rings. The van der Waals surface area contributed by atoms with Crippen LogP contribution in [0.2, 0.25) is 0 Å². The number of rotatable bonds is 8. The highest BCUT2D eigenvalue weighted by Crippen LogP contribution is 2.30.